The van der Waals surface area contributed by atoms with E-state index >= 15 is 0 Å². The van der Waals surface area contributed by atoms with E-state index in [0.717, 1.165) is 31.2 Å². The zero-order chi connectivity index (χ0) is 10.9. The molecule has 2 rings (SSSR count). The molecule has 0 bridgehead atoms. The SMILES string of the molecule is OC1(c2cc(Cl)cc(Cl)c2)CCCCC1. The molecule has 15 heavy (non-hydrogen) atoms. The molecule has 1 nitrogen and oxygen atoms in total. The minimum atomic E-state index is -0.715. The highest BCUT2D eigenvalue weighted by atomic mass is 35.5. The first-order chi connectivity index (χ1) is 7.10. The van der Waals surface area contributed by atoms with E-state index in [9.17, 15) is 5.11 Å². The van der Waals surface area contributed by atoms with Crippen molar-refractivity contribution in [1.82, 2.24) is 0 Å². The summed E-state index contributed by atoms with van der Waals surface area (Å²) in [5.74, 6) is 0. The standard InChI is InChI=1S/C12H14Cl2O/c13-10-6-9(7-11(14)8-10)12(15)4-2-1-3-5-12/h6-8,15H,1-5H2. The van der Waals surface area contributed by atoms with E-state index < -0.39 is 5.60 Å². The fourth-order valence-electron chi connectivity index (χ4n) is 2.25. The van der Waals surface area contributed by atoms with Gasteiger partial charge in [0.15, 0.2) is 0 Å². The van der Waals surface area contributed by atoms with Crippen LogP contribution in [0.5, 0.6) is 0 Å². The molecule has 0 radical (unpaired) electrons. The molecule has 0 aromatic heterocycles. The molecule has 3 heteroatoms. The summed E-state index contributed by atoms with van der Waals surface area (Å²) in [7, 11) is 0. The van der Waals surface area contributed by atoms with E-state index in [1.807, 2.05) is 12.1 Å². The molecule has 0 amide bonds. The van der Waals surface area contributed by atoms with Gasteiger partial charge < -0.3 is 5.11 Å². The van der Waals surface area contributed by atoms with Crippen molar-refractivity contribution in [2.24, 2.45) is 0 Å². The molecule has 1 aliphatic carbocycles. The van der Waals surface area contributed by atoms with E-state index in [-0.39, 0.29) is 0 Å². The quantitative estimate of drug-likeness (QED) is 0.788. The molecule has 1 N–H and O–H groups in total. The van der Waals surface area contributed by atoms with Crippen LogP contribution in [0.15, 0.2) is 18.2 Å². The third-order valence-electron chi connectivity index (χ3n) is 3.08. The number of aliphatic hydroxyl groups is 1. The zero-order valence-corrected chi connectivity index (χ0v) is 9.98. The van der Waals surface area contributed by atoms with Crippen molar-refractivity contribution in [3.05, 3.63) is 33.8 Å². The summed E-state index contributed by atoms with van der Waals surface area (Å²) in [6.07, 6.45) is 4.96. The summed E-state index contributed by atoms with van der Waals surface area (Å²) in [5.41, 5.74) is 0.145. The van der Waals surface area contributed by atoms with Crippen LogP contribution in [0.3, 0.4) is 0 Å². The Bertz CT molecular complexity index is 336. The number of rotatable bonds is 1. The van der Waals surface area contributed by atoms with Crippen molar-refractivity contribution >= 4 is 23.2 Å². The molecule has 1 aromatic carbocycles. The lowest BCUT2D eigenvalue weighted by Gasteiger charge is -2.32. The summed E-state index contributed by atoms with van der Waals surface area (Å²) in [6, 6.07) is 5.33. The molecule has 1 aromatic rings. The van der Waals surface area contributed by atoms with Gasteiger partial charge in [0.1, 0.15) is 0 Å². The summed E-state index contributed by atoms with van der Waals surface area (Å²) >= 11 is 11.9. The average molecular weight is 245 g/mol. The zero-order valence-electron chi connectivity index (χ0n) is 8.47. The van der Waals surface area contributed by atoms with Gasteiger partial charge in [-0.2, -0.15) is 0 Å². The maximum absolute atomic E-state index is 10.5. The van der Waals surface area contributed by atoms with E-state index in [0.29, 0.717) is 10.0 Å². The third kappa shape index (κ3) is 2.47. The fraction of sp³-hybridized carbons (Fsp3) is 0.500. The minimum Gasteiger partial charge on any atom is -0.385 e. The summed E-state index contributed by atoms with van der Waals surface area (Å²) in [5, 5.41) is 11.7. The van der Waals surface area contributed by atoms with Crippen LogP contribution >= 0.6 is 23.2 Å². The number of hydrogen-bond acceptors (Lipinski definition) is 1. The van der Waals surface area contributed by atoms with Crippen molar-refractivity contribution in [2.45, 2.75) is 37.7 Å². The van der Waals surface area contributed by atoms with Crippen LogP contribution in [0.4, 0.5) is 0 Å². The Morgan fingerprint density at radius 3 is 2.00 bits per heavy atom. The van der Waals surface area contributed by atoms with E-state index in [4.69, 9.17) is 23.2 Å². The molecular formula is C12H14Cl2O. The monoisotopic (exact) mass is 244 g/mol. The lowest BCUT2D eigenvalue weighted by molar-refractivity contribution is -0.000614. The Balaban J connectivity index is 2.34. The van der Waals surface area contributed by atoms with Crippen LogP contribution in [0.1, 0.15) is 37.7 Å². The Kier molecular flexibility index (Phi) is 3.24. The predicted molar refractivity (Wildman–Crippen MR) is 63.4 cm³/mol. The summed E-state index contributed by atoms with van der Waals surface area (Å²) < 4.78 is 0. The molecule has 1 aliphatic rings. The smallest absolute Gasteiger partial charge is 0.0897 e. The lowest BCUT2D eigenvalue weighted by Crippen LogP contribution is -2.28. The van der Waals surface area contributed by atoms with Crippen LogP contribution in [0.25, 0.3) is 0 Å². The minimum absolute atomic E-state index is 0.594. The number of hydrogen-bond donors (Lipinski definition) is 1. The van der Waals surface area contributed by atoms with Crippen molar-refractivity contribution < 1.29 is 5.11 Å². The van der Waals surface area contributed by atoms with Gasteiger partial charge in [0.25, 0.3) is 0 Å². The summed E-state index contributed by atoms with van der Waals surface area (Å²) in [4.78, 5) is 0. The highest BCUT2D eigenvalue weighted by molar-refractivity contribution is 6.34. The van der Waals surface area contributed by atoms with Gasteiger partial charge in [-0.3, -0.25) is 0 Å². The highest BCUT2D eigenvalue weighted by Crippen LogP contribution is 2.38. The molecule has 1 fully saturated rings. The maximum Gasteiger partial charge on any atom is 0.0897 e. The molecule has 82 valence electrons. The van der Waals surface area contributed by atoms with Gasteiger partial charge in [-0.05, 0) is 36.6 Å². The van der Waals surface area contributed by atoms with Gasteiger partial charge in [0.05, 0.1) is 5.60 Å². The van der Waals surface area contributed by atoms with E-state index in [1.54, 1.807) is 6.07 Å². The van der Waals surface area contributed by atoms with Gasteiger partial charge in [0, 0.05) is 10.0 Å². The van der Waals surface area contributed by atoms with Crippen molar-refractivity contribution in [1.29, 1.82) is 0 Å². The molecule has 0 unspecified atom stereocenters. The van der Waals surface area contributed by atoms with Gasteiger partial charge in [-0.15, -0.1) is 0 Å². The van der Waals surface area contributed by atoms with Gasteiger partial charge in [-0.25, -0.2) is 0 Å². The highest BCUT2D eigenvalue weighted by Gasteiger charge is 2.31. The average Bonchev–Trinajstić information content (AvgIpc) is 2.17. The molecule has 1 saturated carbocycles. The topological polar surface area (TPSA) is 20.2 Å². The first-order valence-corrected chi connectivity index (χ1v) is 6.05. The van der Waals surface area contributed by atoms with Crippen LogP contribution in [-0.2, 0) is 5.60 Å². The van der Waals surface area contributed by atoms with Crippen molar-refractivity contribution in [2.75, 3.05) is 0 Å². The second kappa shape index (κ2) is 4.32. The Labute approximate surface area is 100 Å². The van der Waals surface area contributed by atoms with Crippen LogP contribution in [0.2, 0.25) is 10.0 Å². The first-order valence-electron chi connectivity index (χ1n) is 5.29. The van der Waals surface area contributed by atoms with Crippen LogP contribution in [-0.4, -0.2) is 5.11 Å². The molecule has 0 saturated heterocycles. The maximum atomic E-state index is 10.5. The van der Waals surface area contributed by atoms with Gasteiger partial charge in [-0.1, -0.05) is 42.5 Å². The molecule has 0 spiro atoms. The number of halogens is 2. The molecular weight excluding hydrogens is 231 g/mol. The van der Waals surface area contributed by atoms with Crippen molar-refractivity contribution in [3.63, 3.8) is 0 Å². The molecule has 0 aliphatic heterocycles. The van der Waals surface area contributed by atoms with Gasteiger partial charge in [0.2, 0.25) is 0 Å². The number of benzene rings is 1. The van der Waals surface area contributed by atoms with Gasteiger partial charge >= 0.3 is 0 Å². The summed E-state index contributed by atoms with van der Waals surface area (Å²) in [6.45, 7) is 0. The first kappa shape index (κ1) is 11.3. The van der Waals surface area contributed by atoms with Crippen LogP contribution < -0.4 is 0 Å². The largest absolute Gasteiger partial charge is 0.385 e. The molecule has 0 atom stereocenters. The third-order valence-corrected chi connectivity index (χ3v) is 3.52. The normalized spacial score (nSPS) is 20.2. The molecule has 0 heterocycles. The van der Waals surface area contributed by atoms with Crippen LogP contribution in [0, 0.1) is 0 Å². The Hall–Kier alpha value is -0.240. The predicted octanol–water partition coefficient (Wildman–Crippen LogP) is 4.15. The second-order valence-corrected chi connectivity index (χ2v) is 5.12. The van der Waals surface area contributed by atoms with Crippen molar-refractivity contribution in [3.8, 4) is 0 Å². The lowest BCUT2D eigenvalue weighted by atomic mass is 9.80. The Morgan fingerprint density at radius 2 is 1.47 bits per heavy atom. The fourth-order valence-corrected chi connectivity index (χ4v) is 2.77. The van der Waals surface area contributed by atoms with E-state index in [2.05, 4.69) is 0 Å². The second-order valence-electron chi connectivity index (χ2n) is 4.25. The van der Waals surface area contributed by atoms with E-state index in [1.165, 1.54) is 6.42 Å². The Morgan fingerprint density at radius 1 is 0.933 bits per heavy atom.